The van der Waals surface area contributed by atoms with Crippen molar-refractivity contribution in [3.8, 4) is 0 Å². The third kappa shape index (κ3) is 2.73. The highest BCUT2D eigenvalue weighted by Gasteiger charge is 2.16. The number of nitrogens with two attached hydrogens (primary N) is 1. The van der Waals surface area contributed by atoms with E-state index in [1.54, 1.807) is 12.4 Å². The number of anilines is 1. The second-order valence-corrected chi connectivity index (χ2v) is 4.30. The zero-order valence-electron chi connectivity index (χ0n) is 11.0. The van der Waals surface area contributed by atoms with Crippen molar-refractivity contribution >= 4 is 11.6 Å². The van der Waals surface area contributed by atoms with Crippen molar-refractivity contribution < 1.29 is 4.79 Å². The number of amides is 1. The van der Waals surface area contributed by atoms with E-state index in [4.69, 9.17) is 5.73 Å². The molecule has 2 aromatic heterocycles. The molecule has 0 bridgehead atoms. The minimum absolute atomic E-state index is 0.249. The smallest absolute Gasteiger partial charge is 0.274 e. The third-order valence-corrected chi connectivity index (χ3v) is 3.04. The maximum atomic E-state index is 12.0. The molecule has 0 radical (unpaired) electrons. The van der Waals surface area contributed by atoms with E-state index in [2.05, 4.69) is 20.5 Å². The summed E-state index contributed by atoms with van der Waals surface area (Å²) in [5.74, 6) is -0.281. The Morgan fingerprint density at radius 3 is 2.95 bits per heavy atom. The van der Waals surface area contributed by atoms with E-state index < -0.39 is 0 Å². The Hall–Kier alpha value is -2.37. The van der Waals surface area contributed by atoms with Crippen LogP contribution in [0.5, 0.6) is 0 Å². The minimum atomic E-state index is -0.281. The summed E-state index contributed by atoms with van der Waals surface area (Å²) in [5, 5.41) is 9.50. The lowest BCUT2D eigenvalue weighted by Gasteiger charge is -2.06. The summed E-state index contributed by atoms with van der Waals surface area (Å²) in [4.78, 5) is 16.0. The Kier molecular flexibility index (Phi) is 3.79. The third-order valence-electron chi connectivity index (χ3n) is 3.04. The molecule has 6 heteroatoms. The van der Waals surface area contributed by atoms with Gasteiger partial charge in [0.25, 0.3) is 5.91 Å². The van der Waals surface area contributed by atoms with Gasteiger partial charge in [0.2, 0.25) is 0 Å². The van der Waals surface area contributed by atoms with Crippen LogP contribution in [-0.4, -0.2) is 21.1 Å². The second-order valence-electron chi connectivity index (χ2n) is 4.30. The molecule has 1 amide bonds. The van der Waals surface area contributed by atoms with Crippen molar-refractivity contribution in [2.75, 3.05) is 5.73 Å². The van der Waals surface area contributed by atoms with Crippen LogP contribution in [0.25, 0.3) is 0 Å². The summed E-state index contributed by atoms with van der Waals surface area (Å²) in [5.41, 5.74) is 9.35. The number of aryl methyl sites for hydroxylation is 2. The minimum Gasteiger partial charge on any atom is -0.395 e. The Balaban J connectivity index is 2.06. The van der Waals surface area contributed by atoms with E-state index in [-0.39, 0.29) is 11.6 Å². The van der Waals surface area contributed by atoms with Crippen molar-refractivity contribution in [3.05, 3.63) is 41.0 Å². The van der Waals surface area contributed by atoms with Gasteiger partial charge < -0.3 is 11.1 Å². The summed E-state index contributed by atoms with van der Waals surface area (Å²) >= 11 is 0. The van der Waals surface area contributed by atoms with Gasteiger partial charge in [-0.15, -0.1) is 0 Å². The van der Waals surface area contributed by atoms with E-state index in [0.717, 1.165) is 16.8 Å². The molecule has 0 fully saturated rings. The van der Waals surface area contributed by atoms with Crippen LogP contribution in [0.2, 0.25) is 0 Å². The molecule has 2 heterocycles. The zero-order chi connectivity index (χ0) is 13.8. The molecule has 4 N–H and O–H groups in total. The largest absolute Gasteiger partial charge is 0.395 e. The molecule has 0 aromatic carbocycles. The number of carbonyl (C=O) groups is 1. The van der Waals surface area contributed by atoms with Crippen LogP contribution < -0.4 is 11.1 Å². The van der Waals surface area contributed by atoms with Gasteiger partial charge in [0.05, 0.1) is 11.4 Å². The first-order chi connectivity index (χ1) is 9.13. The first-order valence-corrected chi connectivity index (χ1v) is 6.13. The molecule has 0 aliphatic rings. The average Bonchev–Trinajstić information content (AvgIpc) is 2.78. The Morgan fingerprint density at radius 1 is 1.53 bits per heavy atom. The summed E-state index contributed by atoms with van der Waals surface area (Å²) in [6.07, 6.45) is 4.18. The normalized spacial score (nSPS) is 10.4. The van der Waals surface area contributed by atoms with E-state index in [0.29, 0.717) is 18.7 Å². The van der Waals surface area contributed by atoms with Crippen molar-refractivity contribution in [3.63, 3.8) is 0 Å². The number of hydrogen-bond acceptors (Lipinski definition) is 4. The number of aromatic nitrogens is 3. The van der Waals surface area contributed by atoms with Gasteiger partial charge in [-0.05, 0) is 30.5 Å². The van der Waals surface area contributed by atoms with Crippen LogP contribution in [0, 0.1) is 6.92 Å². The lowest BCUT2D eigenvalue weighted by molar-refractivity contribution is 0.0946. The van der Waals surface area contributed by atoms with Gasteiger partial charge >= 0.3 is 0 Å². The highest BCUT2D eigenvalue weighted by molar-refractivity contribution is 5.97. The fraction of sp³-hybridized carbons (Fsp3) is 0.308. The molecule has 2 rings (SSSR count). The first-order valence-electron chi connectivity index (χ1n) is 6.13. The van der Waals surface area contributed by atoms with Gasteiger partial charge in [0.15, 0.2) is 5.69 Å². The molecule has 2 aromatic rings. The molecule has 100 valence electrons. The maximum Gasteiger partial charge on any atom is 0.274 e. The van der Waals surface area contributed by atoms with Crippen LogP contribution in [0.1, 0.15) is 34.2 Å². The fourth-order valence-electron chi connectivity index (χ4n) is 1.77. The summed E-state index contributed by atoms with van der Waals surface area (Å²) in [7, 11) is 0. The molecule has 0 unspecified atom stereocenters. The number of aromatic amines is 1. The fourth-order valence-corrected chi connectivity index (χ4v) is 1.77. The summed E-state index contributed by atoms with van der Waals surface area (Å²) in [6, 6.07) is 1.90. The number of carbonyl (C=O) groups excluding carboxylic acids is 1. The molecule has 0 saturated heterocycles. The van der Waals surface area contributed by atoms with Gasteiger partial charge in [-0.3, -0.25) is 14.9 Å². The van der Waals surface area contributed by atoms with Gasteiger partial charge in [-0.1, -0.05) is 6.92 Å². The van der Waals surface area contributed by atoms with Crippen molar-refractivity contribution in [2.45, 2.75) is 26.8 Å². The van der Waals surface area contributed by atoms with Gasteiger partial charge in [0, 0.05) is 18.9 Å². The van der Waals surface area contributed by atoms with E-state index in [1.807, 2.05) is 19.9 Å². The summed E-state index contributed by atoms with van der Waals surface area (Å²) < 4.78 is 0. The molecule has 19 heavy (non-hydrogen) atoms. The van der Waals surface area contributed by atoms with E-state index in [9.17, 15) is 4.79 Å². The number of H-pyrrole nitrogens is 1. The Morgan fingerprint density at radius 2 is 2.32 bits per heavy atom. The van der Waals surface area contributed by atoms with E-state index >= 15 is 0 Å². The zero-order valence-corrected chi connectivity index (χ0v) is 11.0. The quantitative estimate of drug-likeness (QED) is 0.768. The lowest BCUT2D eigenvalue weighted by atomic mass is 10.1. The predicted molar refractivity (Wildman–Crippen MR) is 72.5 cm³/mol. The number of rotatable bonds is 4. The topological polar surface area (TPSA) is 96.7 Å². The number of pyridine rings is 1. The summed E-state index contributed by atoms with van der Waals surface area (Å²) in [6.45, 7) is 4.33. The molecule has 0 spiro atoms. The average molecular weight is 259 g/mol. The van der Waals surface area contributed by atoms with Crippen LogP contribution in [0.3, 0.4) is 0 Å². The predicted octanol–water partition coefficient (Wildman–Crippen LogP) is 1.19. The highest BCUT2D eigenvalue weighted by atomic mass is 16.1. The standard InChI is InChI=1S/C13H17N5O/c1-3-10-11(14)12(18-17-10)13(19)16-7-9-6-15-5-4-8(9)2/h4-6H,3,7,14H2,1-2H3,(H,16,19)(H,17,18). The van der Waals surface area contributed by atoms with E-state index in [1.165, 1.54) is 0 Å². The molecule has 0 atom stereocenters. The molecule has 0 aliphatic carbocycles. The van der Waals surface area contributed by atoms with Gasteiger partial charge in [-0.25, -0.2) is 0 Å². The molecule has 0 saturated carbocycles. The Labute approximate surface area is 111 Å². The molecular weight excluding hydrogens is 242 g/mol. The number of nitrogens with one attached hydrogen (secondary N) is 2. The van der Waals surface area contributed by atoms with Crippen molar-refractivity contribution in [1.82, 2.24) is 20.5 Å². The van der Waals surface area contributed by atoms with Crippen molar-refractivity contribution in [1.29, 1.82) is 0 Å². The number of hydrogen-bond donors (Lipinski definition) is 3. The Bertz CT molecular complexity index is 590. The number of nitrogens with zero attached hydrogens (tertiary/aromatic N) is 2. The molecule has 0 aliphatic heterocycles. The molecule has 6 nitrogen and oxygen atoms in total. The highest BCUT2D eigenvalue weighted by Crippen LogP contribution is 2.14. The maximum absolute atomic E-state index is 12.0. The van der Waals surface area contributed by atoms with Crippen LogP contribution in [0.15, 0.2) is 18.5 Å². The van der Waals surface area contributed by atoms with Crippen molar-refractivity contribution in [2.24, 2.45) is 0 Å². The monoisotopic (exact) mass is 259 g/mol. The lowest BCUT2D eigenvalue weighted by Crippen LogP contribution is -2.24. The van der Waals surface area contributed by atoms with Crippen LogP contribution in [0.4, 0.5) is 5.69 Å². The number of nitrogen functional groups attached to an aromatic ring is 1. The van der Waals surface area contributed by atoms with Gasteiger partial charge in [0.1, 0.15) is 0 Å². The van der Waals surface area contributed by atoms with Gasteiger partial charge in [-0.2, -0.15) is 5.10 Å². The molecular formula is C13H17N5O. The van der Waals surface area contributed by atoms with Crippen LogP contribution in [-0.2, 0) is 13.0 Å². The second kappa shape index (κ2) is 5.51. The SMILES string of the molecule is CCc1[nH]nc(C(=O)NCc2cnccc2C)c1N. The first kappa shape index (κ1) is 13.1. The van der Waals surface area contributed by atoms with Crippen LogP contribution >= 0.6 is 0 Å².